The van der Waals surface area contributed by atoms with E-state index >= 15 is 0 Å². The Labute approximate surface area is 92.4 Å². The van der Waals surface area contributed by atoms with Crippen molar-refractivity contribution in [3.63, 3.8) is 0 Å². The number of rotatable bonds is 1. The highest BCUT2D eigenvalue weighted by Gasteiger charge is 2.00. The third-order valence-corrected chi connectivity index (χ3v) is 2.22. The van der Waals surface area contributed by atoms with Crippen LogP contribution in [0, 0.1) is 18.3 Å². The number of nitriles is 1. The van der Waals surface area contributed by atoms with Gasteiger partial charge in [0.1, 0.15) is 0 Å². The van der Waals surface area contributed by atoms with E-state index in [1.165, 1.54) is 10.6 Å². The first-order valence-electron chi connectivity index (χ1n) is 4.76. The molecule has 0 spiro atoms. The molecule has 0 aliphatic carbocycles. The second-order valence-electron chi connectivity index (χ2n) is 3.39. The summed E-state index contributed by atoms with van der Waals surface area (Å²) in [5, 5.41) is 8.65. The number of pyridine rings is 2. The molecule has 78 valence electrons. The number of hydrogen-bond donors (Lipinski definition) is 0. The molecular weight excluding hydrogens is 202 g/mol. The lowest BCUT2D eigenvalue weighted by atomic mass is 10.3. The molecule has 0 amide bonds. The highest BCUT2D eigenvalue weighted by molar-refractivity contribution is 5.33. The maximum absolute atomic E-state index is 11.7. The monoisotopic (exact) mass is 211 g/mol. The molecule has 2 aromatic rings. The van der Waals surface area contributed by atoms with Crippen molar-refractivity contribution in [2.45, 2.75) is 6.92 Å². The first kappa shape index (κ1) is 10.1. The summed E-state index contributed by atoms with van der Waals surface area (Å²) in [5.41, 5.74) is 1.72. The van der Waals surface area contributed by atoms with Crippen LogP contribution in [0.5, 0.6) is 0 Å². The minimum atomic E-state index is -0.232. The van der Waals surface area contributed by atoms with Crippen molar-refractivity contribution in [2.24, 2.45) is 0 Å². The van der Waals surface area contributed by atoms with Gasteiger partial charge < -0.3 is 0 Å². The van der Waals surface area contributed by atoms with Crippen molar-refractivity contribution in [1.82, 2.24) is 9.55 Å². The largest absolute Gasteiger partial charge is 0.283 e. The minimum Gasteiger partial charge on any atom is -0.283 e. The third kappa shape index (κ3) is 1.84. The minimum absolute atomic E-state index is 0.232. The summed E-state index contributed by atoms with van der Waals surface area (Å²) in [6, 6.07) is 8.48. The van der Waals surface area contributed by atoms with Crippen LogP contribution in [0.1, 0.15) is 11.3 Å². The summed E-state index contributed by atoms with van der Waals surface area (Å²) >= 11 is 0. The zero-order chi connectivity index (χ0) is 11.5. The molecule has 0 atom stereocenters. The normalized spacial score (nSPS) is 9.75. The smallest absolute Gasteiger partial charge is 0.256 e. The third-order valence-electron chi connectivity index (χ3n) is 2.22. The fourth-order valence-corrected chi connectivity index (χ4v) is 1.36. The van der Waals surface area contributed by atoms with Gasteiger partial charge in [-0.25, -0.2) is 0 Å². The van der Waals surface area contributed by atoms with Gasteiger partial charge in [0.2, 0.25) is 0 Å². The number of hydrogen-bond acceptors (Lipinski definition) is 3. The second-order valence-corrected chi connectivity index (χ2v) is 3.39. The molecule has 16 heavy (non-hydrogen) atoms. The summed E-state index contributed by atoms with van der Waals surface area (Å²) in [5.74, 6) is 0. The summed E-state index contributed by atoms with van der Waals surface area (Å²) in [6.07, 6.45) is 3.20. The van der Waals surface area contributed by atoms with Crippen molar-refractivity contribution < 1.29 is 0 Å². The Balaban J connectivity index is 2.54. The molecule has 0 fully saturated rings. The maximum Gasteiger partial charge on any atom is 0.256 e. The lowest BCUT2D eigenvalue weighted by Crippen LogP contribution is -2.16. The van der Waals surface area contributed by atoms with Gasteiger partial charge in [0, 0.05) is 18.0 Å². The number of nitrogens with zero attached hydrogens (tertiary/aromatic N) is 3. The highest BCUT2D eigenvalue weighted by atomic mass is 16.1. The van der Waals surface area contributed by atoms with Gasteiger partial charge in [-0.15, -0.1) is 0 Å². The predicted molar refractivity (Wildman–Crippen MR) is 59.3 cm³/mol. The first-order valence-corrected chi connectivity index (χ1v) is 4.76. The molecule has 0 saturated carbocycles. The van der Waals surface area contributed by atoms with Gasteiger partial charge in [0.05, 0.1) is 23.5 Å². The Hall–Kier alpha value is -2.41. The summed E-state index contributed by atoms with van der Waals surface area (Å²) in [6.45, 7) is 1.88. The second kappa shape index (κ2) is 3.99. The van der Waals surface area contributed by atoms with Gasteiger partial charge in [0.25, 0.3) is 5.56 Å². The van der Waals surface area contributed by atoms with Crippen LogP contribution in [0.3, 0.4) is 0 Å². The van der Waals surface area contributed by atoms with E-state index in [1.807, 2.05) is 25.1 Å². The van der Waals surface area contributed by atoms with Crippen LogP contribution >= 0.6 is 0 Å². The molecule has 0 unspecified atom stereocenters. The summed E-state index contributed by atoms with van der Waals surface area (Å²) in [4.78, 5) is 15.8. The SMILES string of the molecule is Cc1ccc(-n2ccc(C#N)cc2=O)cn1. The molecule has 4 nitrogen and oxygen atoms in total. The number of aromatic nitrogens is 2. The Morgan fingerprint density at radius 1 is 1.38 bits per heavy atom. The van der Waals surface area contributed by atoms with Crippen LogP contribution in [-0.4, -0.2) is 9.55 Å². The van der Waals surface area contributed by atoms with Gasteiger partial charge >= 0.3 is 0 Å². The van der Waals surface area contributed by atoms with Gasteiger partial charge in [-0.1, -0.05) is 0 Å². The van der Waals surface area contributed by atoms with Crippen molar-refractivity contribution in [3.8, 4) is 11.8 Å². The maximum atomic E-state index is 11.7. The Bertz CT molecular complexity index is 605. The lowest BCUT2D eigenvalue weighted by molar-refractivity contribution is 0.970. The molecule has 0 bridgehead atoms. The molecule has 2 heterocycles. The van der Waals surface area contributed by atoms with Gasteiger partial charge in [-0.2, -0.15) is 5.26 Å². The van der Waals surface area contributed by atoms with E-state index in [9.17, 15) is 4.79 Å². The van der Waals surface area contributed by atoms with Crippen LogP contribution in [0.15, 0.2) is 41.5 Å². The van der Waals surface area contributed by atoms with E-state index in [-0.39, 0.29) is 5.56 Å². The standard InChI is InChI=1S/C12H9N3O/c1-9-2-3-11(8-14-9)15-5-4-10(7-13)6-12(15)16/h2-6,8H,1H3. The lowest BCUT2D eigenvalue weighted by Gasteiger charge is -2.04. The van der Waals surface area contributed by atoms with Crippen LogP contribution in [-0.2, 0) is 0 Å². The van der Waals surface area contributed by atoms with Gasteiger partial charge in [-0.3, -0.25) is 14.3 Å². The van der Waals surface area contributed by atoms with Crippen LogP contribution in [0.25, 0.3) is 5.69 Å². The molecule has 0 N–H and O–H groups in total. The Kier molecular flexibility index (Phi) is 2.52. The molecule has 0 radical (unpaired) electrons. The molecule has 0 aliphatic heterocycles. The summed E-state index contributed by atoms with van der Waals surface area (Å²) in [7, 11) is 0. The fraction of sp³-hybridized carbons (Fsp3) is 0.0833. The van der Waals surface area contributed by atoms with Crippen LogP contribution in [0.4, 0.5) is 0 Å². The van der Waals surface area contributed by atoms with Gasteiger partial charge in [-0.05, 0) is 25.1 Å². The topological polar surface area (TPSA) is 58.7 Å². The fourth-order valence-electron chi connectivity index (χ4n) is 1.36. The van der Waals surface area contributed by atoms with Crippen molar-refractivity contribution in [1.29, 1.82) is 5.26 Å². The average Bonchev–Trinajstić information content (AvgIpc) is 2.30. The average molecular weight is 211 g/mol. The molecular formula is C12H9N3O. The molecule has 2 aromatic heterocycles. The van der Waals surface area contributed by atoms with E-state index in [2.05, 4.69) is 4.98 Å². The van der Waals surface area contributed by atoms with E-state index in [4.69, 9.17) is 5.26 Å². The predicted octanol–water partition coefficient (Wildman–Crippen LogP) is 1.41. The van der Waals surface area contributed by atoms with E-state index < -0.39 is 0 Å². The molecule has 0 aliphatic rings. The van der Waals surface area contributed by atoms with E-state index in [0.29, 0.717) is 11.3 Å². The number of aryl methyl sites for hydroxylation is 1. The van der Waals surface area contributed by atoms with Crippen LogP contribution < -0.4 is 5.56 Å². The molecule has 4 heteroatoms. The van der Waals surface area contributed by atoms with E-state index in [0.717, 1.165) is 5.69 Å². The zero-order valence-electron chi connectivity index (χ0n) is 8.71. The summed E-state index contributed by atoms with van der Waals surface area (Å²) < 4.78 is 1.45. The van der Waals surface area contributed by atoms with Crippen molar-refractivity contribution in [3.05, 3.63) is 58.3 Å². The molecule has 0 saturated heterocycles. The molecule has 2 rings (SSSR count). The highest BCUT2D eigenvalue weighted by Crippen LogP contribution is 2.04. The van der Waals surface area contributed by atoms with Gasteiger partial charge in [0.15, 0.2) is 0 Å². The quantitative estimate of drug-likeness (QED) is 0.716. The first-order chi connectivity index (χ1) is 7.70. The van der Waals surface area contributed by atoms with E-state index in [1.54, 1.807) is 18.5 Å². The van der Waals surface area contributed by atoms with Crippen LogP contribution in [0.2, 0.25) is 0 Å². The molecule has 0 aromatic carbocycles. The Morgan fingerprint density at radius 3 is 2.75 bits per heavy atom. The Morgan fingerprint density at radius 2 is 2.19 bits per heavy atom. The van der Waals surface area contributed by atoms with Crippen molar-refractivity contribution in [2.75, 3.05) is 0 Å². The van der Waals surface area contributed by atoms with Crippen molar-refractivity contribution >= 4 is 0 Å². The zero-order valence-corrected chi connectivity index (χ0v) is 8.71.